The van der Waals surface area contributed by atoms with Gasteiger partial charge in [-0.15, -0.1) is 23.5 Å². The van der Waals surface area contributed by atoms with Gasteiger partial charge in [0, 0.05) is 0 Å². The zero-order valence-electron chi connectivity index (χ0n) is 9.22. The number of rotatable bonds is 5. The fourth-order valence-corrected chi connectivity index (χ4v) is 4.53. The lowest BCUT2D eigenvalue weighted by atomic mass is 10.5. The van der Waals surface area contributed by atoms with Gasteiger partial charge in [0.2, 0.25) is 0 Å². The molecule has 15 heavy (non-hydrogen) atoms. The highest BCUT2D eigenvalue weighted by Crippen LogP contribution is 2.32. The molecule has 0 spiro atoms. The first-order valence-corrected chi connectivity index (χ1v) is 8.28. The molecule has 0 aliphatic carbocycles. The molecule has 0 aliphatic rings. The van der Waals surface area contributed by atoms with E-state index in [-0.39, 0.29) is 4.91 Å². The molecule has 0 saturated carbocycles. The van der Waals surface area contributed by atoms with Crippen LogP contribution in [0.3, 0.4) is 0 Å². The molecule has 0 aliphatic heterocycles. The van der Waals surface area contributed by atoms with E-state index in [4.69, 9.17) is 5.73 Å². The Hall–Kier alpha value is 0.310. The van der Waals surface area contributed by atoms with Crippen LogP contribution in [0.25, 0.3) is 0 Å². The van der Waals surface area contributed by atoms with Gasteiger partial charge in [-0.3, -0.25) is 0 Å². The Bertz CT molecular complexity index is 327. The van der Waals surface area contributed by atoms with Crippen molar-refractivity contribution in [2.24, 2.45) is 5.73 Å². The van der Waals surface area contributed by atoms with E-state index in [1.54, 1.807) is 26.4 Å². The number of aliphatic hydroxyl groups excluding tert-OH is 1. The van der Waals surface area contributed by atoms with Crippen LogP contribution in [0.15, 0.2) is 9.14 Å². The zero-order chi connectivity index (χ0) is 12.2. The summed E-state index contributed by atoms with van der Waals surface area (Å²) in [6, 6.07) is 0. The van der Waals surface area contributed by atoms with E-state index in [1.807, 2.05) is 0 Å². The molecule has 0 amide bonds. The van der Waals surface area contributed by atoms with Gasteiger partial charge in [0.15, 0.2) is 9.84 Å². The maximum Gasteiger partial charge on any atom is 0.182 e. The van der Waals surface area contributed by atoms with Crippen molar-refractivity contribution >= 4 is 33.4 Å². The summed E-state index contributed by atoms with van der Waals surface area (Å²) in [7, 11) is -3.50. The van der Waals surface area contributed by atoms with Gasteiger partial charge in [-0.25, -0.2) is 8.42 Å². The Balaban J connectivity index is 5.63. The lowest BCUT2D eigenvalue weighted by Gasteiger charge is -2.17. The van der Waals surface area contributed by atoms with Gasteiger partial charge in [0.1, 0.15) is 11.1 Å². The molecule has 0 aromatic heterocycles. The van der Waals surface area contributed by atoms with Gasteiger partial charge in [-0.2, -0.15) is 0 Å². The van der Waals surface area contributed by atoms with E-state index in [0.29, 0.717) is 4.24 Å². The van der Waals surface area contributed by atoms with Crippen molar-refractivity contribution in [1.29, 1.82) is 0 Å². The summed E-state index contributed by atoms with van der Waals surface area (Å²) in [5.74, 6) is 0. The van der Waals surface area contributed by atoms with Crippen molar-refractivity contribution in [3.63, 3.8) is 0 Å². The van der Waals surface area contributed by atoms with Crippen molar-refractivity contribution < 1.29 is 13.5 Å². The fourth-order valence-electron chi connectivity index (χ4n) is 0.944. The molecule has 0 aromatic carbocycles. The topological polar surface area (TPSA) is 80.4 Å². The molecule has 7 heteroatoms. The minimum absolute atomic E-state index is 0.0718. The third-order valence-electron chi connectivity index (χ3n) is 1.77. The van der Waals surface area contributed by atoms with E-state index >= 15 is 0 Å². The molecule has 4 nitrogen and oxygen atoms in total. The van der Waals surface area contributed by atoms with Crippen LogP contribution in [-0.4, -0.2) is 37.5 Å². The monoisotopic (exact) mass is 271 g/mol. The highest BCUT2D eigenvalue weighted by Gasteiger charge is 2.29. The molecule has 0 fully saturated rings. The molecule has 0 saturated heterocycles. The molecule has 1 atom stereocenters. The molecule has 0 unspecified atom stereocenters. The maximum absolute atomic E-state index is 11.9. The van der Waals surface area contributed by atoms with Crippen molar-refractivity contribution in [3.8, 4) is 0 Å². The van der Waals surface area contributed by atoms with Crippen LogP contribution in [0.1, 0.15) is 13.8 Å². The Morgan fingerprint density at radius 1 is 1.27 bits per heavy atom. The van der Waals surface area contributed by atoms with Crippen LogP contribution in [0, 0.1) is 0 Å². The minimum Gasteiger partial charge on any atom is -0.374 e. The van der Waals surface area contributed by atoms with Crippen LogP contribution >= 0.6 is 23.5 Å². The number of thioether (sulfide) groups is 2. The number of hydrogen-bond donors (Lipinski definition) is 2. The summed E-state index contributed by atoms with van der Waals surface area (Å²) in [4.78, 5) is -0.0718. The zero-order valence-corrected chi connectivity index (χ0v) is 11.7. The maximum atomic E-state index is 11.9. The van der Waals surface area contributed by atoms with E-state index in [0.717, 1.165) is 0 Å². The number of hydrogen-bond acceptors (Lipinski definition) is 6. The van der Waals surface area contributed by atoms with Crippen LogP contribution in [0.5, 0.6) is 0 Å². The van der Waals surface area contributed by atoms with Gasteiger partial charge >= 0.3 is 0 Å². The third-order valence-corrected chi connectivity index (χ3v) is 6.51. The average Bonchev–Trinajstić information content (AvgIpc) is 2.12. The smallest absolute Gasteiger partial charge is 0.182 e. The largest absolute Gasteiger partial charge is 0.374 e. The highest BCUT2D eigenvalue weighted by atomic mass is 32.2. The summed E-state index contributed by atoms with van der Waals surface area (Å²) in [6.07, 6.45) is 2.06. The highest BCUT2D eigenvalue weighted by molar-refractivity contribution is 8.22. The second-order valence-corrected chi connectivity index (χ2v) is 7.46. The second-order valence-electron chi connectivity index (χ2n) is 3.10. The van der Waals surface area contributed by atoms with Crippen molar-refractivity contribution in [2.45, 2.75) is 25.3 Å². The van der Waals surface area contributed by atoms with Crippen molar-refractivity contribution in [1.82, 2.24) is 0 Å². The SMILES string of the molecule is CSC(SC)=C([C@@H](N)O)S(=O)(=O)C(C)C. The first kappa shape index (κ1) is 15.3. The van der Waals surface area contributed by atoms with E-state index in [2.05, 4.69) is 0 Å². The predicted octanol–water partition coefficient (Wildman–Crippen LogP) is 0.982. The molecule has 0 heterocycles. The molecular formula is C8H17NO3S3. The summed E-state index contributed by atoms with van der Waals surface area (Å²) < 4.78 is 24.4. The molecule has 0 bridgehead atoms. The lowest BCUT2D eigenvalue weighted by molar-refractivity contribution is 0.226. The van der Waals surface area contributed by atoms with Crippen LogP contribution in [0.4, 0.5) is 0 Å². The lowest BCUT2D eigenvalue weighted by Crippen LogP contribution is -2.31. The Morgan fingerprint density at radius 3 is 1.87 bits per heavy atom. The van der Waals surface area contributed by atoms with Gasteiger partial charge < -0.3 is 10.8 Å². The second kappa shape index (κ2) is 6.15. The number of nitrogens with two attached hydrogens (primary N) is 1. The average molecular weight is 271 g/mol. The quantitative estimate of drug-likeness (QED) is 0.726. The van der Waals surface area contributed by atoms with Gasteiger partial charge in [-0.1, -0.05) is 0 Å². The van der Waals surface area contributed by atoms with Gasteiger partial charge in [0.05, 0.1) is 9.49 Å². The van der Waals surface area contributed by atoms with Crippen molar-refractivity contribution in [3.05, 3.63) is 9.14 Å². The summed E-state index contributed by atoms with van der Waals surface area (Å²) in [5, 5.41) is 8.76. The standard InChI is InChI=1S/C8H17NO3S3/c1-5(2)15(11,12)6(7(9)10)8(13-3)14-4/h5,7,10H,9H2,1-4H3/t7-/m0/s1. The van der Waals surface area contributed by atoms with Crippen LogP contribution in [-0.2, 0) is 9.84 Å². The minimum atomic E-state index is -3.50. The van der Waals surface area contributed by atoms with E-state index in [1.165, 1.54) is 23.5 Å². The summed E-state index contributed by atoms with van der Waals surface area (Å²) >= 11 is 2.55. The summed E-state index contributed by atoms with van der Waals surface area (Å²) in [6.45, 7) is 3.13. The van der Waals surface area contributed by atoms with E-state index < -0.39 is 21.3 Å². The molecule has 0 aromatic rings. The molecule has 90 valence electrons. The fraction of sp³-hybridized carbons (Fsp3) is 0.750. The molecule has 3 N–H and O–H groups in total. The molecule has 0 rings (SSSR count). The number of sulfone groups is 1. The molecule has 0 radical (unpaired) electrons. The number of aliphatic hydroxyl groups is 1. The van der Waals surface area contributed by atoms with Gasteiger partial charge in [0.25, 0.3) is 0 Å². The molecular weight excluding hydrogens is 254 g/mol. The first-order valence-electron chi connectivity index (χ1n) is 4.28. The van der Waals surface area contributed by atoms with Gasteiger partial charge in [-0.05, 0) is 26.4 Å². The normalized spacial score (nSPS) is 14.1. The summed E-state index contributed by atoms with van der Waals surface area (Å²) in [5.41, 5.74) is 5.30. The third kappa shape index (κ3) is 3.67. The van der Waals surface area contributed by atoms with E-state index in [9.17, 15) is 13.5 Å². The first-order chi connectivity index (χ1) is 6.78. The Labute approximate surface area is 99.6 Å². The Kier molecular flexibility index (Phi) is 6.27. The predicted molar refractivity (Wildman–Crippen MR) is 68.3 cm³/mol. The van der Waals surface area contributed by atoms with Crippen LogP contribution in [0.2, 0.25) is 0 Å². The van der Waals surface area contributed by atoms with Crippen LogP contribution < -0.4 is 5.73 Å². The van der Waals surface area contributed by atoms with Crippen molar-refractivity contribution in [2.75, 3.05) is 12.5 Å². The Morgan fingerprint density at radius 2 is 1.67 bits per heavy atom.